The van der Waals surface area contributed by atoms with Crippen LogP contribution in [0.2, 0.25) is 0 Å². The van der Waals surface area contributed by atoms with Gasteiger partial charge in [0, 0.05) is 44.4 Å². The van der Waals surface area contributed by atoms with Gasteiger partial charge in [-0.1, -0.05) is 0 Å². The first kappa shape index (κ1) is 15.8. The van der Waals surface area contributed by atoms with Crippen molar-refractivity contribution in [2.24, 2.45) is 0 Å². The molecule has 2 rings (SSSR count). The molecule has 116 valence electrons. The summed E-state index contributed by atoms with van der Waals surface area (Å²) in [6.07, 6.45) is 0. The number of benzene rings is 1. The minimum Gasteiger partial charge on any atom is -0.480 e. The van der Waals surface area contributed by atoms with Crippen LogP contribution in [0.4, 0.5) is 13.2 Å². The molecule has 0 aliphatic carbocycles. The van der Waals surface area contributed by atoms with Gasteiger partial charge in [0.05, 0.1) is 0 Å². The molecule has 0 spiro atoms. The summed E-state index contributed by atoms with van der Waals surface area (Å²) < 4.78 is 39.6. The Labute approximate surface area is 120 Å². The van der Waals surface area contributed by atoms with Gasteiger partial charge in [0.15, 0.2) is 11.6 Å². The molecule has 1 heterocycles. The van der Waals surface area contributed by atoms with E-state index in [4.69, 9.17) is 5.11 Å². The number of hydrogen-bond acceptors (Lipinski definition) is 3. The van der Waals surface area contributed by atoms with Crippen molar-refractivity contribution in [2.75, 3.05) is 26.2 Å². The van der Waals surface area contributed by atoms with E-state index in [1.165, 1.54) is 0 Å². The molecule has 4 nitrogen and oxygen atoms in total. The summed E-state index contributed by atoms with van der Waals surface area (Å²) in [6.45, 7) is 3.98. The van der Waals surface area contributed by atoms with E-state index >= 15 is 0 Å². The molecule has 1 N–H and O–H groups in total. The van der Waals surface area contributed by atoms with Crippen molar-refractivity contribution in [1.82, 2.24) is 9.80 Å². The van der Waals surface area contributed by atoms with E-state index in [0.717, 1.165) is 6.07 Å². The third-order valence-electron chi connectivity index (χ3n) is 3.80. The zero-order valence-corrected chi connectivity index (χ0v) is 11.7. The maximum Gasteiger partial charge on any atom is 0.320 e. The Morgan fingerprint density at radius 1 is 1.14 bits per heavy atom. The highest BCUT2D eigenvalue weighted by molar-refractivity contribution is 5.72. The number of aliphatic carboxylic acids is 1. The topological polar surface area (TPSA) is 43.8 Å². The summed E-state index contributed by atoms with van der Waals surface area (Å²) in [5.74, 6) is -3.91. The lowest BCUT2D eigenvalue weighted by Gasteiger charge is -2.36. The van der Waals surface area contributed by atoms with Crippen LogP contribution in [0.25, 0.3) is 0 Å². The lowest BCUT2D eigenvalue weighted by molar-refractivity contribution is -0.143. The van der Waals surface area contributed by atoms with Crippen LogP contribution in [0, 0.1) is 17.5 Å². The number of halogens is 3. The second kappa shape index (κ2) is 6.44. The Balaban J connectivity index is 1.95. The fourth-order valence-electron chi connectivity index (χ4n) is 2.39. The van der Waals surface area contributed by atoms with Gasteiger partial charge in [-0.05, 0) is 13.0 Å². The van der Waals surface area contributed by atoms with Crippen molar-refractivity contribution in [3.05, 3.63) is 35.1 Å². The van der Waals surface area contributed by atoms with E-state index in [1.807, 2.05) is 9.80 Å². The fourth-order valence-corrected chi connectivity index (χ4v) is 2.39. The van der Waals surface area contributed by atoms with Crippen molar-refractivity contribution >= 4 is 5.97 Å². The normalized spacial score (nSPS) is 18.7. The zero-order valence-electron chi connectivity index (χ0n) is 11.7. The van der Waals surface area contributed by atoms with Gasteiger partial charge in [-0.25, -0.2) is 13.2 Å². The molecule has 1 unspecified atom stereocenters. The zero-order chi connectivity index (χ0) is 15.6. The monoisotopic (exact) mass is 302 g/mol. The van der Waals surface area contributed by atoms with Gasteiger partial charge in [0.2, 0.25) is 0 Å². The van der Waals surface area contributed by atoms with Crippen LogP contribution < -0.4 is 0 Å². The third kappa shape index (κ3) is 3.74. The molecule has 1 saturated heterocycles. The predicted octanol–water partition coefficient (Wildman–Crippen LogP) is 1.69. The van der Waals surface area contributed by atoms with E-state index in [-0.39, 0.29) is 12.1 Å². The van der Waals surface area contributed by atoms with E-state index in [1.54, 1.807) is 6.92 Å². The van der Waals surface area contributed by atoms with Crippen molar-refractivity contribution in [1.29, 1.82) is 0 Å². The minimum atomic E-state index is -1.20. The van der Waals surface area contributed by atoms with Crippen LogP contribution in [-0.4, -0.2) is 53.1 Å². The molecule has 1 fully saturated rings. The average Bonchev–Trinajstić information content (AvgIpc) is 2.44. The summed E-state index contributed by atoms with van der Waals surface area (Å²) in [7, 11) is 0. The molecule has 1 aromatic carbocycles. The first-order valence-corrected chi connectivity index (χ1v) is 6.71. The first-order valence-electron chi connectivity index (χ1n) is 6.71. The Kier molecular flexibility index (Phi) is 4.84. The molecule has 1 aliphatic rings. The van der Waals surface area contributed by atoms with E-state index < -0.39 is 29.5 Å². The minimum absolute atomic E-state index is 0.105. The van der Waals surface area contributed by atoms with Gasteiger partial charge in [-0.2, -0.15) is 0 Å². The van der Waals surface area contributed by atoms with Crippen LogP contribution in [0.15, 0.2) is 12.1 Å². The highest BCUT2D eigenvalue weighted by atomic mass is 19.2. The van der Waals surface area contributed by atoms with Crippen LogP contribution in [0.5, 0.6) is 0 Å². The van der Waals surface area contributed by atoms with Gasteiger partial charge in [0.1, 0.15) is 11.9 Å². The molecule has 0 bridgehead atoms. The summed E-state index contributed by atoms with van der Waals surface area (Å²) in [4.78, 5) is 14.6. The number of piperazine rings is 1. The first-order chi connectivity index (χ1) is 9.88. The molecule has 1 atom stereocenters. The van der Waals surface area contributed by atoms with Gasteiger partial charge in [-0.3, -0.25) is 14.6 Å². The molecule has 7 heteroatoms. The van der Waals surface area contributed by atoms with Gasteiger partial charge in [0.25, 0.3) is 0 Å². The fraction of sp³-hybridized carbons (Fsp3) is 0.500. The number of carboxylic acids is 1. The molecule has 21 heavy (non-hydrogen) atoms. The predicted molar refractivity (Wildman–Crippen MR) is 70.3 cm³/mol. The summed E-state index contributed by atoms with van der Waals surface area (Å²) in [5.41, 5.74) is 0.105. The summed E-state index contributed by atoms with van der Waals surface area (Å²) >= 11 is 0. The molecule has 0 amide bonds. The second-order valence-electron chi connectivity index (χ2n) is 5.18. The largest absolute Gasteiger partial charge is 0.480 e. The van der Waals surface area contributed by atoms with Crippen molar-refractivity contribution < 1.29 is 23.1 Å². The molecule has 0 radical (unpaired) electrons. The molecular formula is C14H17F3N2O2. The molecule has 0 aromatic heterocycles. The maximum absolute atomic E-state index is 13.6. The summed E-state index contributed by atoms with van der Waals surface area (Å²) in [5, 5.41) is 8.95. The van der Waals surface area contributed by atoms with Gasteiger partial charge < -0.3 is 5.11 Å². The van der Waals surface area contributed by atoms with Crippen LogP contribution >= 0.6 is 0 Å². The number of nitrogens with zero attached hydrogens (tertiary/aromatic N) is 2. The number of carboxylic acid groups (broad SMARTS) is 1. The lowest BCUT2D eigenvalue weighted by Crippen LogP contribution is -2.51. The molecule has 0 saturated carbocycles. The van der Waals surface area contributed by atoms with Gasteiger partial charge >= 0.3 is 5.97 Å². The van der Waals surface area contributed by atoms with Crippen molar-refractivity contribution in [3.8, 4) is 0 Å². The summed E-state index contributed by atoms with van der Waals surface area (Å²) in [6, 6.07) is 0.858. The highest BCUT2D eigenvalue weighted by Crippen LogP contribution is 2.17. The maximum atomic E-state index is 13.6. The highest BCUT2D eigenvalue weighted by Gasteiger charge is 2.25. The Hall–Kier alpha value is -1.60. The van der Waals surface area contributed by atoms with E-state index in [0.29, 0.717) is 32.2 Å². The molecule has 1 aliphatic heterocycles. The smallest absolute Gasteiger partial charge is 0.320 e. The van der Waals surface area contributed by atoms with E-state index in [9.17, 15) is 18.0 Å². The average molecular weight is 302 g/mol. The quantitative estimate of drug-likeness (QED) is 0.860. The number of hydrogen-bond donors (Lipinski definition) is 1. The molecular weight excluding hydrogens is 285 g/mol. The molecule has 1 aromatic rings. The number of rotatable bonds is 4. The van der Waals surface area contributed by atoms with Crippen molar-refractivity contribution in [2.45, 2.75) is 19.5 Å². The van der Waals surface area contributed by atoms with Gasteiger partial charge in [-0.15, -0.1) is 0 Å². The Bertz CT molecular complexity index is 531. The van der Waals surface area contributed by atoms with Crippen LogP contribution in [-0.2, 0) is 11.3 Å². The third-order valence-corrected chi connectivity index (χ3v) is 3.80. The van der Waals surface area contributed by atoms with Crippen LogP contribution in [0.3, 0.4) is 0 Å². The standard InChI is InChI=1S/C14H17F3N2O2/c1-9(14(20)21)19-4-2-18(3-5-19)8-10-6-12(16)13(17)7-11(10)15/h6-7,9H,2-5,8H2,1H3,(H,20,21). The number of carbonyl (C=O) groups is 1. The Morgan fingerprint density at radius 3 is 2.29 bits per heavy atom. The lowest BCUT2D eigenvalue weighted by atomic mass is 10.1. The van der Waals surface area contributed by atoms with Crippen LogP contribution in [0.1, 0.15) is 12.5 Å². The van der Waals surface area contributed by atoms with Crippen molar-refractivity contribution in [3.63, 3.8) is 0 Å². The SMILES string of the molecule is CC(C(=O)O)N1CCN(Cc2cc(F)c(F)cc2F)CC1. The second-order valence-corrected chi connectivity index (χ2v) is 5.18. The Morgan fingerprint density at radius 2 is 1.71 bits per heavy atom. The van der Waals surface area contributed by atoms with E-state index in [2.05, 4.69) is 0 Å².